The molecule has 0 atom stereocenters. The molecule has 0 amide bonds. The highest BCUT2D eigenvalue weighted by Crippen LogP contribution is 2.30. The minimum Gasteiger partial charge on any atom is -0.375 e. The Morgan fingerprint density at radius 1 is 1.26 bits per heavy atom. The number of rotatable bonds is 5. The fourth-order valence-corrected chi connectivity index (χ4v) is 4.07. The van der Waals surface area contributed by atoms with E-state index in [1.807, 2.05) is 0 Å². The highest BCUT2D eigenvalue weighted by atomic mass is 32.2. The number of halogens is 4. The number of aromatic nitrogens is 4. The standard InChI is InChI=1S/C17H16F4N6O3S/c1-9-2-3-10(31(28,29)23-6-16(18)7-30-8-16)4-11(9)12-5-27-14(22)25-13(17(19,20)21)26-15(27)24-12/h2-5,23H,6-8H2,1H3,(H2,22,24,25,26). The lowest BCUT2D eigenvalue weighted by Gasteiger charge is -2.33. The molecule has 1 saturated heterocycles. The second kappa shape index (κ2) is 7.10. The van der Waals surface area contributed by atoms with Crippen LogP contribution in [0, 0.1) is 6.92 Å². The first-order valence-electron chi connectivity index (χ1n) is 8.85. The van der Waals surface area contributed by atoms with E-state index in [2.05, 4.69) is 19.7 Å². The minimum absolute atomic E-state index is 0.143. The molecular weight excluding hydrogens is 444 g/mol. The number of aryl methyl sites for hydroxylation is 1. The van der Waals surface area contributed by atoms with Gasteiger partial charge in [-0.2, -0.15) is 23.1 Å². The average Bonchev–Trinajstić information content (AvgIpc) is 3.09. The van der Waals surface area contributed by atoms with Crippen molar-refractivity contribution in [2.24, 2.45) is 0 Å². The normalized spacial score (nSPS) is 16.4. The highest BCUT2D eigenvalue weighted by Gasteiger charge is 2.40. The van der Waals surface area contributed by atoms with Gasteiger partial charge in [-0.05, 0) is 24.6 Å². The number of sulfonamides is 1. The Balaban J connectivity index is 1.71. The van der Waals surface area contributed by atoms with Crippen LogP contribution in [0.15, 0.2) is 29.3 Å². The Hall–Kier alpha value is -2.84. The number of fused-ring (bicyclic) bond motifs is 1. The maximum absolute atomic E-state index is 14.1. The van der Waals surface area contributed by atoms with Crippen molar-refractivity contribution < 1.29 is 30.7 Å². The van der Waals surface area contributed by atoms with Crippen molar-refractivity contribution >= 4 is 21.7 Å². The monoisotopic (exact) mass is 460 g/mol. The number of ether oxygens (including phenoxy) is 1. The van der Waals surface area contributed by atoms with Gasteiger partial charge in [0.05, 0.1) is 23.8 Å². The molecule has 0 aliphatic carbocycles. The fraction of sp³-hybridized carbons (Fsp3) is 0.353. The quantitative estimate of drug-likeness (QED) is 0.556. The summed E-state index contributed by atoms with van der Waals surface area (Å²) in [5, 5.41) is 0. The average molecular weight is 460 g/mol. The Bertz CT molecular complexity index is 1270. The number of benzene rings is 1. The molecule has 1 aliphatic heterocycles. The third kappa shape index (κ3) is 4.05. The summed E-state index contributed by atoms with van der Waals surface area (Å²) in [7, 11) is -4.06. The summed E-state index contributed by atoms with van der Waals surface area (Å²) in [6.07, 6.45) is -3.50. The number of nitrogens with one attached hydrogen (secondary N) is 1. The van der Waals surface area contributed by atoms with Crippen molar-refractivity contribution in [3.63, 3.8) is 0 Å². The van der Waals surface area contributed by atoms with Gasteiger partial charge in [0.1, 0.15) is 0 Å². The van der Waals surface area contributed by atoms with Crippen LogP contribution < -0.4 is 10.5 Å². The van der Waals surface area contributed by atoms with Crippen molar-refractivity contribution in [2.75, 3.05) is 25.5 Å². The zero-order valence-corrected chi connectivity index (χ0v) is 16.8. The summed E-state index contributed by atoms with van der Waals surface area (Å²) in [5.74, 6) is -2.26. The van der Waals surface area contributed by atoms with Gasteiger partial charge in [0.15, 0.2) is 5.67 Å². The lowest BCUT2D eigenvalue weighted by atomic mass is 10.1. The van der Waals surface area contributed by atoms with Gasteiger partial charge < -0.3 is 10.5 Å². The van der Waals surface area contributed by atoms with E-state index in [9.17, 15) is 26.0 Å². The van der Waals surface area contributed by atoms with Gasteiger partial charge in [0.25, 0.3) is 0 Å². The maximum Gasteiger partial charge on any atom is 0.451 e. The van der Waals surface area contributed by atoms with E-state index in [1.54, 1.807) is 6.92 Å². The summed E-state index contributed by atoms with van der Waals surface area (Å²) in [6, 6.07) is 4.12. The molecule has 166 valence electrons. The van der Waals surface area contributed by atoms with Crippen molar-refractivity contribution in [3.8, 4) is 11.3 Å². The molecule has 31 heavy (non-hydrogen) atoms. The SMILES string of the molecule is Cc1ccc(S(=O)(=O)NCC2(F)COC2)cc1-c1cn2c(N)nc(C(F)(F)F)nc2n1. The van der Waals surface area contributed by atoms with Gasteiger partial charge in [-0.3, -0.25) is 4.40 Å². The van der Waals surface area contributed by atoms with E-state index in [0.29, 0.717) is 11.1 Å². The molecule has 0 saturated carbocycles. The first-order valence-corrected chi connectivity index (χ1v) is 10.3. The first-order chi connectivity index (χ1) is 14.4. The van der Waals surface area contributed by atoms with Crippen LogP contribution in [0.1, 0.15) is 11.4 Å². The number of alkyl halides is 4. The Morgan fingerprint density at radius 2 is 1.97 bits per heavy atom. The molecule has 14 heteroatoms. The lowest BCUT2D eigenvalue weighted by Crippen LogP contribution is -2.53. The number of nitrogens with two attached hydrogens (primary N) is 1. The fourth-order valence-electron chi connectivity index (χ4n) is 2.93. The van der Waals surface area contributed by atoms with Crippen LogP contribution in [0.4, 0.5) is 23.5 Å². The summed E-state index contributed by atoms with van der Waals surface area (Å²) in [6.45, 7) is 0.831. The smallest absolute Gasteiger partial charge is 0.375 e. The van der Waals surface area contributed by atoms with Crippen molar-refractivity contribution in [3.05, 3.63) is 35.8 Å². The number of nitrogens with zero attached hydrogens (tertiary/aromatic N) is 4. The van der Waals surface area contributed by atoms with Crippen LogP contribution in [0.25, 0.3) is 17.0 Å². The van der Waals surface area contributed by atoms with Gasteiger partial charge in [0, 0.05) is 18.3 Å². The zero-order chi connectivity index (χ0) is 22.6. The van der Waals surface area contributed by atoms with E-state index < -0.39 is 40.2 Å². The molecule has 3 aromatic rings. The summed E-state index contributed by atoms with van der Waals surface area (Å²) >= 11 is 0. The van der Waals surface area contributed by atoms with Gasteiger partial charge in [-0.15, -0.1) is 0 Å². The van der Waals surface area contributed by atoms with Gasteiger partial charge >= 0.3 is 6.18 Å². The second-order valence-corrected chi connectivity index (χ2v) is 8.91. The van der Waals surface area contributed by atoms with E-state index >= 15 is 0 Å². The molecule has 3 heterocycles. The first kappa shape index (κ1) is 21.4. The predicted octanol–water partition coefficient (Wildman–Crippen LogP) is 1.72. The van der Waals surface area contributed by atoms with E-state index in [4.69, 9.17) is 10.5 Å². The number of imidazole rings is 1. The molecule has 1 aliphatic rings. The molecule has 2 aromatic heterocycles. The van der Waals surface area contributed by atoms with Crippen molar-refractivity contribution in [1.82, 2.24) is 24.1 Å². The molecule has 1 aromatic carbocycles. The summed E-state index contributed by atoms with van der Waals surface area (Å²) in [5.41, 5.74) is 4.91. The van der Waals surface area contributed by atoms with E-state index in [0.717, 1.165) is 4.40 Å². The van der Waals surface area contributed by atoms with Crippen LogP contribution in [0.3, 0.4) is 0 Å². The Morgan fingerprint density at radius 3 is 2.58 bits per heavy atom. The number of hydrogen-bond donors (Lipinski definition) is 2. The van der Waals surface area contributed by atoms with E-state index in [1.165, 1.54) is 24.4 Å². The van der Waals surface area contributed by atoms with Gasteiger partial charge in [0.2, 0.25) is 27.6 Å². The molecule has 0 radical (unpaired) electrons. The van der Waals surface area contributed by atoms with Crippen LogP contribution in [-0.4, -0.2) is 53.2 Å². The Kier molecular flexibility index (Phi) is 4.90. The molecular formula is C17H16F4N6O3S. The topological polar surface area (TPSA) is 124 Å². The zero-order valence-electron chi connectivity index (χ0n) is 15.9. The number of nitrogen functional groups attached to an aromatic ring is 1. The molecule has 0 spiro atoms. The third-order valence-corrected chi connectivity index (χ3v) is 6.11. The molecule has 0 bridgehead atoms. The lowest BCUT2D eigenvalue weighted by molar-refractivity contribution is -0.144. The number of anilines is 1. The van der Waals surface area contributed by atoms with Crippen LogP contribution in [0.5, 0.6) is 0 Å². The molecule has 9 nitrogen and oxygen atoms in total. The number of hydrogen-bond acceptors (Lipinski definition) is 7. The summed E-state index contributed by atoms with van der Waals surface area (Å²) in [4.78, 5) is 10.5. The third-order valence-electron chi connectivity index (χ3n) is 4.71. The summed E-state index contributed by atoms with van der Waals surface area (Å²) < 4.78 is 86.1. The largest absolute Gasteiger partial charge is 0.451 e. The van der Waals surface area contributed by atoms with Crippen molar-refractivity contribution in [1.29, 1.82) is 0 Å². The molecule has 1 fully saturated rings. The van der Waals surface area contributed by atoms with Gasteiger partial charge in [-0.1, -0.05) is 6.07 Å². The highest BCUT2D eigenvalue weighted by molar-refractivity contribution is 7.89. The second-order valence-electron chi connectivity index (χ2n) is 7.14. The Labute approximate surface area is 173 Å². The van der Waals surface area contributed by atoms with Gasteiger partial charge in [-0.25, -0.2) is 22.5 Å². The van der Waals surface area contributed by atoms with Crippen LogP contribution in [0.2, 0.25) is 0 Å². The maximum atomic E-state index is 14.1. The van der Waals surface area contributed by atoms with Crippen LogP contribution in [-0.2, 0) is 20.9 Å². The van der Waals surface area contributed by atoms with E-state index in [-0.39, 0.29) is 29.6 Å². The predicted molar refractivity (Wildman–Crippen MR) is 100 cm³/mol. The molecule has 3 N–H and O–H groups in total. The minimum atomic E-state index is -4.81. The molecule has 0 unspecified atom stereocenters. The molecule has 4 rings (SSSR count). The van der Waals surface area contributed by atoms with Crippen LogP contribution >= 0.6 is 0 Å². The van der Waals surface area contributed by atoms with Crippen molar-refractivity contribution in [2.45, 2.75) is 23.7 Å².